The van der Waals surface area contributed by atoms with Gasteiger partial charge in [-0.1, -0.05) is 35.5 Å². The van der Waals surface area contributed by atoms with Crippen LogP contribution in [0.1, 0.15) is 10.4 Å². The van der Waals surface area contributed by atoms with Gasteiger partial charge in [0.2, 0.25) is 5.95 Å². The zero-order valence-corrected chi connectivity index (χ0v) is 14.9. The van der Waals surface area contributed by atoms with E-state index in [1.54, 1.807) is 35.5 Å². The van der Waals surface area contributed by atoms with Crippen LogP contribution in [-0.4, -0.2) is 35.1 Å². The highest BCUT2D eigenvalue weighted by Gasteiger charge is 2.14. The van der Waals surface area contributed by atoms with Gasteiger partial charge in [-0.05, 0) is 18.2 Å². The van der Waals surface area contributed by atoms with Crippen LogP contribution in [0.15, 0.2) is 65.4 Å². The molecule has 0 saturated heterocycles. The van der Waals surface area contributed by atoms with Crippen LogP contribution in [0.25, 0.3) is 22.2 Å². The normalized spacial score (nSPS) is 10.7. The van der Waals surface area contributed by atoms with Crippen LogP contribution in [-0.2, 0) is 0 Å². The molecule has 0 saturated carbocycles. The summed E-state index contributed by atoms with van der Waals surface area (Å²) in [5.74, 6) is 0.962. The second-order valence-electron chi connectivity index (χ2n) is 6.23. The Bertz CT molecular complexity index is 1090. The van der Waals surface area contributed by atoms with Gasteiger partial charge >= 0.3 is 0 Å². The number of nitrogens with zero attached hydrogens (tertiary/aromatic N) is 4. The summed E-state index contributed by atoms with van der Waals surface area (Å²) in [7, 11) is 3.71. The summed E-state index contributed by atoms with van der Waals surface area (Å²) in [6, 6.07) is 14.9. The smallest absolute Gasteiger partial charge is 0.255 e. The first-order valence-corrected chi connectivity index (χ1v) is 8.37. The number of carbonyl (C=O) groups excluding carboxylic acids is 1. The van der Waals surface area contributed by atoms with Crippen molar-refractivity contribution in [1.82, 2.24) is 15.1 Å². The maximum atomic E-state index is 12.6. The van der Waals surface area contributed by atoms with E-state index in [2.05, 4.69) is 20.4 Å². The van der Waals surface area contributed by atoms with Crippen LogP contribution in [0.5, 0.6) is 0 Å². The Morgan fingerprint density at radius 2 is 1.78 bits per heavy atom. The lowest BCUT2D eigenvalue weighted by molar-refractivity contribution is 0.102. The maximum Gasteiger partial charge on any atom is 0.255 e. The van der Waals surface area contributed by atoms with E-state index in [0.29, 0.717) is 28.5 Å². The summed E-state index contributed by atoms with van der Waals surface area (Å²) in [6.45, 7) is 0. The molecule has 1 N–H and O–H groups in total. The lowest BCUT2D eigenvalue weighted by atomic mass is 10.1. The molecule has 0 aliphatic heterocycles. The standard InChI is InChI=1S/C20H17N5O2/c1-25(2)20-21-11-15(12-22-20)23-19(26)14-8-9-17-16(10-14)18(27-24-17)13-6-4-3-5-7-13/h3-12H,1-2H3,(H,23,26). The highest BCUT2D eigenvalue weighted by atomic mass is 16.5. The minimum Gasteiger partial charge on any atom is -0.355 e. The quantitative estimate of drug-likeness (QED) is 0.599. The van der Waals surface area contributed by atoms with Crippen molar-refractivity contribution in [3.8, 4) is 11.3 Å². The highest BCUT2D eigenvalue weighted by Crippen LogP contribution is 2.29. The van der Waals surface area contributed by atoms with Crippen LogP contribution < -0.4 is 10.2 Å². The van der Waals surface area contributed by atoms with Gasteiger partial charge in [-0.25, -0.2) is 9.97 Å². The van der Waals surface area contributed by atoms with E-state index in [4.69, 9.17) is 4.52 Å². The third kappa shape index (κ3) is 3.35. The van der Waals surface area contributed by atoms with E-state index in [1.807, 2.05) is 44.4 Å². The Labute approximate surface area is 155 Å². The summed E-state index contributed by atoms with van der Waals surface area (Å²) in [5.41, 5.74) is 2.63. The molecule has 7 heteroatoms. The molecule has 0 unspecified atom stereocenters. The van der Waals surface area contributed by atoms with Gasteiger partial charge in [0.25, 0.3) is 5.91 Å². The SMILES string of the molecule is CN(C)c1ncc(NC(=O)c2ccc3noc(-c4ccccc4)c3c2)cn1. The van der Waals surface area contributed by atoms with Gasteiger partial charge < -0.3 is 14.7 Å². The topological polar surface area (TPSA) is 84.2 Å². The molecule has 0 spiro atoms. The lowest BCUT2D eigenvalue weighted by Gasteiger charge is -2.10. The molecule has 7 nitrogen and oxygen atoms in total. The van der Waals surface area contributed by atoms with Gasteiger partial charge in [0.05, 0.1) is 23.5 Å². The zero-order valence-electron chi connectivity index (χ0n) is 14.9. The van der Waals surface area contributed by atoms with Gasteiger partial charge in [0.15, 0.2) is 5.76 Å². The van der Waals surface area contributed by atoms with E-state index >= 15 is 0 Å². The number of fused-ring (bicyclic) bond motifs is 1. The van der Waals surface area contributed by atoms with Crippen molar-refractivity contribution < 1.29 is 9.32 Å². The van der Waals surface area contributed by atoms with Gasteiger partial charge in [-0.3, -0.25) is 4.79 Å². The minimum atomic E-state index is -0.252. The Morgan fingerprint density at radius 1 is 1.04 bits per heavy atom. The first-order valence-electron chi connectivity index (χ1n) is 8.37. The summed E-state index contributed by atoms with van der Waals surface area (Å²) in [5, 5.41) is 7.67. The molecule has 4 aromatic rings. The Hall–Kier alpha value is -3.74. The summed E-state index contributed by atoms with van der Waals surface area (Å²) >= 11 is 0. The number of amides is 1. The molecule has 2 aromatic heterocycles. The molecule has 0 atom stereocenters. The van der Waals surface area contributed by atoms with Gasteiger partial charge in [-0.2, -0.15) is 0 Å². The summed E-state index contributed by atoms with van der Waals surface area (Å²) < 4.78 is 5.48. The number of carbonyl (C=O) groups is 1. The van der Waals surface area contributed by atoms with Crippen LogP contribution in [0.2, 0.25) is 0 Å². The molecule has 2 aromatic carbocycles. The third-order valence-corrected chi connectivity index (χ3v) is 4.07. The van der Waals surface area contributed by atoms with Crippen LogP contribution in [0.3, 0.4) is 0 Å². The van der Waals surface area contributed by atoms with Gasteiger partial charge in [0.1, 0.15) is 5.52 Å². The second-order valence-corrected chi connectivity index (χ2v) is 6.23. The van der Waals surface area contributed by atoms with E-state index < -0.39 is 0 Å². The number of nitrogens with one attached hydrogen (secondary N) is 1. The van der Waals surface area contributed by atoms with Crippen molar-refractivity contribution in [1.29, 1.82) is 0 Å². The van der Waals surface area contributed by atoms with E-state index in [-0.39, 0.29) is 5.91 Å². The van der Waals surface area contributed by atoms with E-state index in [1.165, 1.54) is 0 Å². The van der Waals surface area contributed by atoms with E-state index in [0.717, 1.165) is 10.9 Å². The highest BCUT2D eigenvalue weighted by molar-refractivity contribution is 6.07. The van der Waals surface area contributed by atoms with Crippen molar-refractivity contribution in [3.05, 3.63) is 66.5 Å². The Morgan fingerprint density at radius 3 is 2.48 bits per heavy atom. The molecule has 0 aliphatic carbocycles. The van der Waals surface area contributed by atoms with Crippen LogP contribution in [0, 0.1) is 0 Å². The molecular formula is C20H17N5O2. The minimum absolute atomic E-state index is 0.252. The van der Waals surface area contributed by atoms with Crippen LogP contribution >= 0.6 is 0 Å². The molecule has 0 fully saturated rings. The monoisotopic (exact) mass is 359 g/mol. The van der Waals surface area contributed by atoms with Crippen molar-refractivity contribution in [3.63, 3.8) is 0 Å². The fourth-order valence-electron chi connectivity index (χ4n) is 2.70. The second kappa shape index (κ2) is 6.87. The molecule has 134 valence electrons. The lowest BCUT2D eigenvalue weighted by Crippen LogP contribution is -2.15. The third-order valence-electron chi connectivity index (χ3n) is 4.07. The van der Waals surface area contributed by atoms with Gasteiger partial charge in [0, 0.05) is 25.2 Å². The fourth-order valence-corrected chi connectivity index (χ4v) is 2.70. The largest absolute Gasteiger partial charge is 0.355 e. The molecular weight excluding hydrogens is 342 g/mol. The molecule has 0 radical (unpaired) electrons. The molecule has 4 rings (SSSR count). The number of hydrogen-bond acceptors (Lipinski definition) is 6. The number of rotatable bonds is 4. The number of anilines is 2. The molecule has 1 amide bonds. The van der Waals surface area contributed by atoms with Gasteiger partial charge in [-0.15, -0.1) is 0 Å². The summed E-state index contributed by atoms with van der Waals surface area (Å²) in [6.07, 6.45) is 3.15. The molecule has 27 heavy (non-hydrogen) atoms. The predicted octanol–water partition coefficient (Wildman–Crippen LogP) is 3.60. The molecule has 0 aliphatic rings. The van der Waals surface area contributed by atoms with Crippen molar-refractivity contribution in [2.75, 3.05) is 24.3 Å². The number of aromatic nitrogens is 3. The molecule has 0 bridgehead atoms. The number of benzene rings is 2. The first kappa shape index (κ1) is 16.7. The van der Waals surface area contributed by atoms with Crippen molar-refractivity contribution in [2.45, 2.75) is 0 Å². The van der Waals surface area contributed by atoms with Crippen LogP contribution in [0.4, 0.5) is 11.6 Å². The Kier molecular flexibility index (Phi) is 4.25. The predicted molar refractivity (Wildman–Crippen MR) is 104 cm³/mol. The average molecular weight is 359 g/mol. The zero-order chi connectivity index (χ0) is 18.8. The average Bonchev–Trinajstić information content (AvgIpc) is 3.12. The maximum absolute atomic E-state index is 12.6. The Balaban J connectivity index is 1.62. The number of hydrogen-bond donors (Lipinski definition) is 1. The summed E-state index contributed by atoms with van der Waals surface area (Å²) in [4.78, 5) is 22.8. The molecule has 2 heterocycles. The fraction of sp³-hybridized carbons (Fsp3) is 0.100. The van der Waals surface area contributed by atoms with Crippen molar-refractivity contribution >= 4 is 28.4 Å². The van der Waals surface area contributed by atoms with Crippen molar-refractivity contribution in [2.24, 2.45) is 0 Å². The van der Waals surface area contributed by atoms with E-state index in [9.17, 15) is 4.79 Å². The first-order chi connectivity index (χ1) is 13.1.